The standard InChI is InChI=1S/C24H27F3O4S2/c1-3-4-5-9-12-22(18(2)17-31-33(29,30)24(25,26)27)23(28)19-13-15-21(16-14-19)32-20-10-7-6-8-11-20/h6-8,10-11,13-16H,3-5,9,12,17H2,1-2H3/b22-18+. The Hall–Kier alpha value is -2.10. The molecule has 4 nitrogen and oxygen atoms in total. The largest absolute Gasteiger partial charge is 0.523 e. The first-order valence-corrected chi connectivity index (χ1v) is 12.8. The molecular formula is C24H27F3O4S2. The predicted octanol–water partition coefficient (Wildman–Crippen LogP) is 7.17. The lowest BCUT2D eigenvalue weighted by Crippen LogP contribution is -2.26. The highest BCUT2D eigenvalue weighted by Gasteiger charge is 2.47. The highest BCUT2D eigenvalue weighted by atomic mass is 32.2. The van der Waals surface area contributed by atoms with E-state index in [-0.39, 0.29) is 16.9 Å². The van der Waals surface area contributed by atoms with Crippen molar-refractivity contribution in [1.82, 2.24) is 0 Å². The van der Waals surface area contributed by atoms with Crippen molar-refractivity contribution < 1.29 is 30.6 Å². The Bertz CT molecular complexity index is 1050. The highest BCUT2D eigenvalue weighted by Crippen LogP contribution is 2.29. The Morgan fingerprint density at radius 2 is 1.55 bits per heavy atom. The van der Waals surface area contributed by atoms with Crippen molar-refractivity contribution in [3.05, 3.63) is 71.3 Å². The van der Waals surface area contributed by atoms with Gasteiger partial charge < -0.3 is 0 Å². The Labute approximate surface area is 197 Å². The summed E-state index contributed by atoms with van der Waals surface area (Å²) >= 11 is 1.54. The zero-order valence-electron chi connectivity index (χ0n) is 18.5. The lowest BCUT2D eigenvalue weighted by atomic mass is 9.94. The van der Waals surface area contributed by atoms with E-state index in [1.807, 2.05) is 37.3 Å². The van der Waals surface area contributed by atoms with Crippen LogP contribution in [0.15, 0.2) is 75.5 Å². The molecule has 0 bridgehead atoms. The van der Waals surface area contributed by atoms with Gasteiger partial charge >= 0.3 is 15.6 Å². The number of halogens is 3. The Balaban J connectivity index is 2.20. The number of benzene rings is 2. The predicted molar refractivity (Wildman–Crippen MR) is 124 cm³/mol. The average molecular weight is 501 g/mol. The number of hydrogen-bond donors (Lipinski definition) is 0. The fraction of sp³-hybridized carbons (Fsp3) is 0.375. The number of rotatable bonds is 12. The van der Waals surface area contributed by atoms with Crippen LogP contribution in [0.1, 0.15) is 56.3 Å². The van der Waals surface area contributed by atoms with Gasteiger partial charge in [0.1, 0.15) is 0 Å². The molecule has 0 amide bonds. The van der Waals surface area contributed by atoms with E-state index in [0.717, 1.165) is 29.1 Å². The maximum atomic E-state index is 13.1. The zero-order chi connectivity index (χ0) is 24.5. The van der Waals surface area contributed by atoms with Crippen molar-refractivity contribution in [2.75, 3.05) is 6.61 Å². The van der Waals surface area contributed by atoms with Crippen molar-refractivity contribution in [3.8, 4) is 0 Å². The Kier molecular flexibility index (Phi) is 10.2. The molecule has 0 aromatic heterocycles. The van der Waals surface area contributed by atoms with E-state index in [2.05, 4.69) is 4.18 Å². The maximum absolute atomic E-state index is 13.1. The van der Waals surface area contributed by atoms with Gasteiger partial charge in [0.05, 0.1) is 6.61 Å². The third-order valence-corrected chi connectivity index (χ3v) is 6.89. The number of allylic oxidation sites excluding steroid dienone is 1. The van der Waals surface area contributed by atoms with Crippen molar-refractivity contribution in [2.45, 2.75) is 61.3 Å². The van der Waals surface area contributed by atoms with Crippen LogP contribution in [0.3, 0.4) is 0 Å². The molecule has 0 saturated heterocycles. The lowest BCUT2D eigenvalue weighted by molar-refractivity contribution is -0.0536. The second-order valence-corrected chi connectivity index (χ2v) is 10.3. The fourth-order valence-corrected chi connectivity index (χ4v) is 4.35. The van der Waals surface area contributed by atoms with Gasteiger partial charge in [0.25, 0.3) is 0 Å². The van der Waals surface area contributed by atoms with Crippen LogP contribution in [0.4, 0.5) is 13.2 Å². The highest BCUT2D eigenvalue weighted by molar-refractivity contribution is 7.99. The number of Topliss-reactive ketones (excluding diaryl/α,β-unsaturated/α-hetero) is 1. The SMILES string of the molecule is CCCCCC/C(C(=O)c1ccc(Sc2ccccc2)cc1)=C(/C)COS(=O)(=O)C(F)(F)F. The van der Waals surface area contributed by atoms with Crippen molar-refractivity contribution >= 4 is 27.7 Å². The van der Waals surface area contributed by atoms with E-state index in [9.17, 15) is 26.4 Å². The van der Waals surface area contributed by atoms with Crippen LogP contribution < -0.4 is 0 Å². The summed E-state index contributed by atoms with van der Waals surface area (Å²) in [6, 6.07) is 16.7. The molecule has 2 aromatic carbocycles. The quantitative estimate of drug-likeness (QED) is 0.102. The summed E-state index contributed by atoms with van der Waals surface area (Å²) in [6.07, 6.45) is 3.81. The molecule has 0 radical (unpaired) electrons. The minimum Gasteiger partial charge on any atom is -0.289 e. The molecule has 33 heavy (non-hydrogen) atoms. The summed E-state index contributed by atoms with van der Waals surface area (Å²) in [6.45, 7) is 2.65. The van der Waals surface area contributed by atoms with E-state index >= 15 is 0 Å². The third kappa shape index (κ3) is 8.32. The fourth-order valence-electron chi connectivity index (χ4n) is 3.04. The molecule has 0 saturated carbocycles. The smallest absolute Gasteiger partial charge is 0.289 e. The van der Waals surface area contributed by atoms with Gasteiger partial charge in [-0.1, -0.05) is 56.1 Å². The van der Waals surface area contributed by atoms with E-state index in [0.29, 0.717) is 18.4 Å². The summed E-state index contributed by atoms with van der Waals surface area (Å²) in [7, 11) is -5.73. The molecule has 9 heteroatoms. The van der Waals surface area contributed by atoms with Gasteiger partial charge in [-0.3, -0.25) is 8.98 Å². The molecule has 0 heterocycles. The maximum Gasteiger partial charge on any atom is 0.523 e. The lowest BCUT2D eigenvalue weighted by Gasteiger charge is -2.14. The third-order valence-electron chi connectivity index (χ3n) is 4.88. The molecule has 0 N–H and O–H groups in total. The van der Waals surface area contributed by atoms with Gasteiger partial charge in [-0.05, 0) is 61.7 Å². The number of ketones is 1. The normalized spacial score (nSPS) is 13.0. The van der Waals surface area contributed by atoms with Crippen LogP contribution in [0, 0.1) is 0 Å². The first kappa shape index (κ1) is 27.1. The number of carbonyl (C=O) groups is 1. The molecule has 0 aliphatic rings. The van der Waals surface area contributed by atoms with Gasteiger partial charge in [-0.15, -0.1) is 0 Å². The number of unbranched alkanes of at least 4 members (excludes halogenated alkanes) is 3. The van der Waals surface area contributed by atoms with Crippen LogP contribution in [-0.2, 0) is 14.3 Å². The van der Waals surface area contributed by atoms with Crippen LogP contribution in [0.25, 0.3) is 0 Å². The van der Waals surface area contributed by atoms with E-state index in [1.54, 1.807) is 24.3 Å². The molecule has 180 valence electrons. The molecular weight excluding hydrogens is 473 g/mol. The van der Waals surface area contributed by atoms with Crippen LogP contribution >= 0.6 is 11.8 Å². The molecule has 0 spiro atoms. The van der Waals surface area contributed by atoms with Crippen LogP contribution in [0.5, 0.6) is 0 Å². The van der Waals surface area contributed by atoms with Gasteiger partial charge in [0.15, 0.2) is 5.78 Å². The summed E-state index contributed by atoms with van der Waals surface area (Å²) < 4.78 is 64.4. The molecule has 2 aromatic rings. The summed E-state index contributed by atoms with van der Waals surface area (Å²) in [4.78, 5) is 15.1. The first-order valence-electron chi connectivity index (χ1n) is 10.6. The summed E-state index contributed by atoms with van der Waals surface area (Å²) in [5, 5.41) is 0. The summed E-state index contributed by atoms with van der Waals surface area (Å²) in [5.74, 6) is -0.340. The van der Waals surface area contributed by atoms with Crippen LogP contribution in [-0.4, -0.2) is 26.3 Å². The van der Waals surface area contributed by atoms with Crippen molar-refractivity contribution in [3.63, 3.8) is 0 Å². The molecule has 0 aliphatic heterocycles. The Morgan fingerprint density at radius 1 is 0.939 bits per heavy atom. The van der Waals surface area contributed by atoms with Crippen LogP contribution in [0.2, 0.25) is 0 Å². The van der Waals surface area contributed by atoms with Gasteiger partial charge in [-0.25, -0.2) is 0 Å². The van der Waals surface area contributed by atoms with Crippen molar-refractivity contribution in [2.24, 2.45) is 0 Å². The first-order chi connectivity index (χ1) is 15.5. The number of alkyl halides is 3. The topological polar surface area (TPSA) is 60.4 Å². The Morgan fingerprint density at radius 3 is 2.12 bits per heavy atom. The second-order valence-electron chi connectivity index (χ2n) is 7.50. The minimum atomic E-state index is -5.73. The molecule has 2 rings (SSSR count). The molecule has 0 unspecified atom stereocenters. The number of hydrogen-bond acceptors (Lipinski definition) is 5. The molecule has 0 atom stereocenters. The monoisotopic (exact) mass is 500 g/mol. The van der Waals surface area contributed by atoms with Crippen molar-refractivity contribution in [1.29, 1.82) is 0 Å². The number of carbonyl (C=O) groups excluding carboxylic acids is 1. The molecule has 0 aliphatic carbocycles. The van der Waals surface area contributed by atoms with E-state index in [1.165, 1.54) is 18.7 Å². The van der Waals surface area contributed by atoms with Gasteiger partial charge in [0, 0.05) is 20.9 Å². The average Bonchev–Trinajstić information content (AvgIpc) is 2.78. The van der Waals surface area contributed by atoms with E-state index in [4.69, 9.17) is 0 Å². The van der Waals surface area contributed by atoms with E-state index < -0.39 is 22.2 Å². The van der Waals surface area contributed by atoms with Gasteiger partial charge in [0.2, 0.25) is 0 Å². The molecule has 0 fully saturated rings. The van der Waals surface area contributed by atoms with Gasteiger partial charge in [-0.2, -0.15) is 21.6 Å². The second kappa shape index (κ2) is 12.4. The summed E-state index contributed by atoms with van der Waals surface area (Å²) in [5.41, 5.74) is -4.67. The zero-order valence-corrected chi connectivity index (χ0v) is 20.2. The minimum absolute atomic E-state index is 0.173.